The molecule has 0 aromatic carbocycles. The van der Waals surface area contributed by atoms with Crippen LogP contribution in [-0.4, -0.2) is 36.5 Å². The number of rotatable bonds is 3. The lowest BCUT2D eigenvalue weighted by Gasteiger charge is -2.34. The second-order valence-corrected chi connectivity index (χ2v) is 5.03. The topological polar surface area (TPSA) is 56.9 Å². The molecular formula is C13H21N5. The van der Waals surface area contributed by atoms with Crippen LogP contribution in [0.1, 0.15) is 24.1 Å². The first-order valence-electron chi connectivity index (χ1n) is 6.50. The van der Waals surface area contributed by atoms with E-state index in [4.69, 9.17) is 0 Å². The molecule has 0 spiro atoms. The number of piperidine rings is 1. The Bertz CT molecular complexity index is 455. The Labute approximate surface area is 108 Å². The monoisotopic (exact) mass is 247 g/mol. The molecule has 2 heterocycles. The van der Waals surface area contributed by atoms with Crippen LogP contribution in [0.2, 0.25) is 0 Å². The number of aryl methyl sites for hydroxylation is 2. The van der Waals surface area contributed by atoms with E-state index in [2.05, 4.69) is 21.4 Å². The predicted molar refractivity (Wildman–Crippen MR) is 71.5 cm³/mol. The van der Waals surface area contributed by atoms with E-state index in [0.29, 0.717) is 5.92 Å². The molecule has 1 N–H and O–H groups in total. The molecular weight excluding hydrogens is 226 g/mol. The van der Waals surface area contributed by atoms with Gasteiger partial charge in [-0.25, -0.2) is 0 Å². The number of nitriles is 1. The molecule has 5 nitrogen and oxygen atoms in total. The predicted octanol–water partition coefficient (Wildman–Crippen LogP) is 1.04. The Kier molecular flexibility index (Phi) is 3.87. The highest BCUT2D eigenvalue weighted by atomic mass is 15.4. The van der Waals surface area contributed by atoms with Crippen molar-refractivity contribution in [3.05, 3.63) is 11.3 Å². The molecule has 5 heteroatoms. The smallest absolute Gasteiger partial charge is 0.144 e. The van der Waals surface area contributed by atoms with E-state index in [1.54, 1.807) is 0 Å². The number of hydrogen-bond acceptors (Lipinski definition) is 4. The molecule has 0 amide bonds. The van der Waals surface area contributed by atoms with Crippen molar-refractivity contribution >= 4 is 5.82 Å². The van der Waals surface area contributed by atoms with Gasteiger partial charge in [-0.1, -0.05) is 0 Å². The summed E-state index contributed by atoms with van der Waals surface area (Å²) in [6.07, 6.45) is 2.44. The lowest BCUT2D eigenvalue weighted by Crippen LogP contribution is -2.40. The number of hydrogen-bond donors (Lipinski definition) is 1. The summed E-state index contributed by atoms with van der Waals surface area (Å²) in [6, 6.07) is 2.29. The van der Waals surface area contributed by atoms with Crippen molar-refractivity contribution in [3.63, 3.8) is 0 Å². The first-order valence-corrected chi connectivity index (χ1v) is 6.50. The molecule has 18 heavy (non-hydrogen) atoms. The summed E-state index contributed by atoms with van der Waals surface area (Å²) in [7, 11) is 3.92. The van der Waals surface area contributed by atoms with Crippen molar-refractivity contribution in [3.8, 4) is 6.07 Å². The second kappa shape index (κ2) is 5.40. The van der Waals surface area contributed by atoms with Crippen LogP contribution in [-0.2, 0) is 7.05 Å². The average Bonchev–Trinajstić information content (AvgIpc) is 2.64. The van der Waals surface area contributed by atoms with Crippen LogP contribution in [0.3, 0.4) is 0 Å². The largest absolute Gasteiger partial charge is 0.355 e. The zero-order valence-corrected chi connectivity index (χ0v) is 11.4. The number of nitrogens with zero attached hydrogens (tertiary/aromatic N) is 4. The van der Waals surface area contributed by atoms with E-state index in [9.17, 15) is 5.26 Å². The molecule has 0 radical (unpaired) electrons. The van der Waals surface area contributed by atoms with Crippen molar-refractivity contribution in [1.29, 1.82) is 5.26 Å². The molecule has 1 aliphatic heterocycles. The first-order chi connectivity index (χ1) is 8.67. The van der Waals surface area contributed by atoms with Crippen LogP contribution in [0.15, 0.2) is 0 Å². The minimum absolute atomic E-state index is 0.658. The fraction of sp³-hybridized carbons (Fsp3) is 0.692. The Morgan fingerprint density at radius 1 is 1.56 bits per heavy atom. The molecule has 98 valence electrons. The van der Waals surface area contributed by atoms with E-state index >= 15 is 0 Å². The molecule has 2 rings (SSSR count). The Balaban J connectivity index is 2.23. The van der Waals surface area contributed by atoms with Crippen molar-refractivity contribution in [2.75, 3.05) is 31.6 Å². The summed E-state index contributed by atoms with van der Waals surface area (Å²) >= 11 is 0. The fourth-order valence-corrected chi connectivity index (χ4v) is 2.85. The van der Waals surface area contributed by atoms with Gasteiger partial charge in [0.05, 0.1) is 5.69 Å². The van der Waals surface area contributed by atoms with Gasteiger partial charge in [-0.15, -0.1) is 0 Å². The molecule has 1 atom stereocenters. The molecule has 1 unspecified atom stereocenters. The van der Waals surface area contributed by atoms with Gasteiger partial charge in [0.25, 0.3) is 0 Å². The zero-order valence-electron chi connectivity index (χ0n) is 11.4. The van der Waals surface area contributed by atoms with Gasteiger partial charge in [0.1, 0.15) is 17.5 Å². The van der Waals surface area contributed by atoms with Crippen molar-refractivity contribution in [1.82, 2.24) is 15.1 Å². The van der Waals surface area contributed by atoms with Crippen molar-refractivity contribution < 1.29 is 0 Å². The molecule has 1 aromatic rings. The van der Waals surface area contributed by atoms with Gasteiger partial charge in [-0.2, -0.15) is 10.4 Å². The first kappa shape index (κ1) is 12.9. The van der Waals surface area contributed by atoms with E-state index in [-0.39, 0.29) is 0 Å². The zero-order chi connectivity index (χ0) is 13.1. The van der Waals surface area contributed by atoms with E-state index in [0.717, 1.165) is 36.7 Å². The highest BCUT2D eigenvalue weighted by Crippen LogP contribution is 2.27. The van der Waals surface area contributed by atoms with E-state index in [1.165, 1.54) is 12.8 Å². The lowest BCUT2D eigenvalue weighted by atomic mass is 9.98. The van der Waals surface area contributed by atoms with Crippen molar-refractivity contribution in [2.45, 2.75) is 19.8 Å². The quantitative estimate of drug-likeness (QED) is 0.867. The Morgan fingerprint density at radius 3 is 3.00 bits per heavy atom. The van der Waals surface area contributed by atoms with Crippen LogP contribution in [0.25, 0.3) is 0 Å². The fourth-order valence-electron chi connectivity index (χ4n) is 2.85. The minimum atomic E-state index is 0.658. The summed E-state index contributed by atoms with van der Waals surface area (Å²) in [4.78, 5) is 2.31. The summed E-state index contributed by atoms with van der Waals surface area (Å²) in [5, 5.41) is 16.9. The third kappa shape index (κ3) is 2.34. The Hall–Kier alpha value is -1.54. The van der Waals surface area contributed by atoms with E-state index < -0.39 is 0 Å². The van der Waals surface area contributed by atoms with Gasteiger partial charge in [-0.3, -0.25) is 4.68 Å². The summed E-state index contributed by atoms with van der Waals surface area (Å²) in [6.45, 7) is 4.97. The van der Waals surface area contributed by atoms with Gasteiger partial charge < -0.3 is 10.2 Å². The van der Waals surface area contributed by atoms with Gasteiger partial charge in [0.2, 0.25) is 0 Å². The number of anilines is 1. The lowest BCUT2D eigenvalue weighted by molar-refractivity contribution is 0.398. The highest BCUT2D eigenvalue weighted by molar-refractivity contribution is 5.57. The SMILES string of the molecule is CNCC1CCCN(c2c(C#N)c(C)nn2C)C1. The Morgan fingerprint density at radius 2 is 2.33 bits per heavy atom. The standard InChI is InChI=1S/C13H21N5/c1-10-12(7-14)13(17(3)16-10)18-6-4-5-11(9-18)8-15-2/h11,15H,4-6,8-9H2,1-3H3. The molecule has 1 fully saturated rings. The third-order valence-corrected chi connectivity index (χ3v) is 3.62. The van der Waals surface area contributed by atoms with Gasteiger partial charge in [0.15, 0.2) is 0 Å². The normalized spacial score (nSPS) is 19.9. The third-order valence-electron chi connectivity index (χ3n) is 3.62. The number of aromatic nitrogens is 2. The van der Waals surface area contributed by atoms with Gasteiger partial charge >= 0.3 is 0 Å². The van der Waals surface area contributed by atoms with Crippen LogP contribution >= 0.6 is 0 Å². The van der Waals surface area contributed by atoms with Gasteiger partial charge in [0, 0.05) is 20.1 Å². The van der Waals surface area contributed by atoms with Crippen LogP contribution in [0.5, 0.6) is 0 Å². The summed E-state index contributed by atoms with van der Waals surface area (Å²) < 4.78 is 1.84. The number of nitrogens with one attached hydrogen (secondary N) is 1. The molecule has 1 aliphatic rings. The molecule has 0 bridgehead atoms. The summed E-state index contributed by atoms with van der Waals surface area (Å²) in [5.41, 5.74) is 1.55. The van der Waals surface area contributed by atoms with Crippen LogP contribution in [0.4, 0.5) is 5.82 Å². The van der Waals surface area contributed by atoms with Gasteiger partial charge in [-0.05, 0) is 39.3 Å². The average molecular weight is 247 g/mol. The maximum Gasteiger partial charge on any atom is 0.144 e. The van der Waals surface area contributed by atoms with Crippen LogP contribution < -0.4 is 10.2 Å². The highest BCUT2D eigenvalue weighted by Gasteiger charge is 2.25. The molecule has 1 saturated heterocycles. The molecule has 1 aromatic heterocycles. The second-order valence-electron chi connectivity index (χ2n) is 5.03. The maximum absolute atomic E-state index is 9.27. The maximum atomic E-state index is 9.27. The molecule has 0 saturated carbocycles. The summed E-state index contributed by atoms with van der Waals surface area (Å²) in [5.74, 6) is 1.64. The van der Waals surface area contributed by atoms with Crippen LogP contribution in [0, 0.1) is 24.2 Å². The van der Waals surface area contributed by atoms with Crippen molar-refractivity contribution in [2.24, 2.45) is 13.0 Å². The van der Waals surface area contributed by atoms with E-state index in [1.807, 2.05) is 25.7 Å². The molecule has 0 aliphatic carbocycles. The minimum Gasteiger partial charge on any atom is -0.355 e.